The predicted octanol–water partition coefficient (Wildman–Crippen LogP) is 3.58. The van der Waals surface area contributed by atoms with Crippen molar-refractivity contribution in [2.24, 2.45) is 0 Å². The zero-order valence-corrected chi connectivity index (χ0v) is 12.8. The van der Waals surface area contributed by atoms with E-state index in [1.165, 1.54) is 4.70 Å². The molecule has 21 heavy (non-hydrogen) atoms. The molecule has 3 aromatic rings. The highest BCUT2D eigenvalue weighted by Crippen LogP contribution is 2.32. The third-order valence-corrected chi connectivity index (χ3v) is 4.02. The van der Waals surface area contributed by atoms with Gasteiger partial charge in [-0.1, -0.05) is 25.1 Å². The Morgan fingerprint density at radius 1 is 1.19 bits per heavy atom. The van der Waals surface area contributed by atoms with Crippen molar-refractivity contribution in [1.29, 1.82) is 0 Å². The Morgan fingerprint density at radius 2 is 2.05 bits per heavy atom. The van der Waals surface area contributed by atoms with Gasteiger partial charge in [0.15, 0.2) is 5.82 Å². The zero-order chi connectivity index (χ0) is 14.7. The zero-order valence-electron chi connectivity index (χ0n) is 12.0. The lowest BCUT2D eigenvalue weighted by Gasteiger charge is -2.07. The van der Waals surface area contributed by atoms with Gasteiger partial charge in [0.2, 0.25) is 5.95 Å². The first-order valence-electron chi connectivity index (χ1n) is 6.82. The molecule has 6 heteroatoms. The first kappa shape index (κ1) is 13.8. The summed E-state index contributed by atoms with van der Waals surface area (Å²) in [6.45, 7) is 2.91. The molecule has 1 aromatic carbocycles. The van der Waals surface area contributed by atoms with Crippen molar-refractivity contribution in [2.45, 2.75) is 13.3 Å². The van der Waals surface area contributed by atoms with Crippen LogP contribution >= 0.6 is 11.3 Å². The summed E-state index contributed by atoms with van der Waals surface area (Å²) in [5.74, 6) is 1.19. The molecule has 0 saturated carbocycles. The molecule has 2 aromatic heterocycles. The third-order valence-electron chi connectivity index (χ3n) is 3.05. The summed E-state index contributed by atoms with van der Waals surface area (Å²) in [5.41, 5.74) is 1.01. The van der Waals surface area contributed by atoms with Gasteiger partial charge in [0.1, 0.15) is 0 Å². The molecule has 0 unspecified atom stereocenters. The van der Waals surface area contributed by atoms with Gasteiger partial charge in [-0.05, 0) is 12.5 Å². The van der Waals surface area contributed by atoms with Crippen molar-refractivity contribution in [3.05, 3.63) is 29.6 Å². The van der Waals surface area contributed by atoms with E-state index in [1.807, 2.05) is 12.1 Å². The Kier molecular flexibility index (Phi) is 3.96. The number of anilines is 1. The maximum Gasteiger partial charge on any atom is 0.321 e. The number of hydrogen-bond donors (Lipinski definition) is 1. The third kappa shape index (κ3) is 2.80. The highest BCUT2D eigenvalue weighted by atomic mass is 32.1. The fourth-order valence-electron chi connectivity index (χ4n) is 2.04. The Bertz CT molecular complexity index is 756. The summed E-state index contributed by atoms with van der Waals surface area (Å²) in [7, 11) is 1.56. The van der Waals surface area contributed by atoms with Gasteiger partial charge < -0.3 is 10.1 Å². The second kappa shape index (κ2) is 6.05. The molecule has 0 saturated heterocycles. The van der Waals surface area contributed by atoms with Crippen molar-refractivity contribution in [3.8, 4) is 17.4 Å². The summed E-state index contributed by atoms with van der Waals surface area (Å²) in [6, 6.07) is 8.56. The molecule has 0 aliphatic heterocycles. The van der Waals surface area contributed by atoms with Crippen molar-refractivity contribution in [3.63, 3.8) is 0 Å². The summed E-state index contributed by atoms with van der Waals surface area (Å²) in [4.78, 5) is 13.1. The highest BCUT2D eigenvalue weighted by molar-refractivity contribution is 7.17. The molecule has 0 spiro atoms. The van der Waals surface area contributed by atoms with Crippen LogP contribution in [0.1, 0.15) is 13.3 Å². The molecule has 3 rings (SSSR count). The quantitative estimate of drug-likeness (QED) is 0.780. The predicted molar refractivity (Wildman–Crippen MR) is 86.0 cm³/mol. The monoisotopic (exact) mass is 300 g/mol. The van der Waals surface area contributed by atoms with Crippen LogP contribution in [0.3, 0.4) is 0 Å². The van der Waals surface area contributed by atoms with Gasteiger partial charge in [-0.3, -0.25) is 0 Å². The maximum absolute atomic E-state index is 5.19. The van der Waals surface area contributed by atoms with Crippen LogP contribution in [0.25, 0.3) is 21.5 Å². The van der Waals surface area contributed by atoms with E-state index < -0.39 is 0 Å². The number of nitrogens with zero attached hydrogens (tertiary/aromatic N) is 3. The summed E-state index contributed by atoms with van der Waals surface area (Å²) in [5, 5.41) is 6.40. The fourth-order valence-corrected chi connectivity index (χ4v) is 2.97. The van der Waals surface area contributed by atoms with Crippen molar-refractivity contribution in [2.75, 3.05) is 19.0 Å². The number of nitrogens with one attached hydrogen (secondary N) is 1. The van der Waals surface area contributed by atoms with E-state index in [4.69, 9.17) is 4.74 Å². The van der Waals surface area contributed by atoms with Crippen LogP contribution in [-0.2, 0) is 0 Å². The second-order valence-electron chi connectivity index (χ2n) is 4.54. The van der Waals surface area contributed by atoms with Crippen molar-refractivity contribution < 1.29 is 4.74 Å². The molecule has 0 aliphatic rings. The lowest BCUT2D eigenvalue weighted by molar-refractivity contribution is 0.379. The van der Waals surface area contributed by atoms with Crippen LogP contribution in [0, 0.1) is 0 Å². The minimum absolute atomic E-state index is 0.328. The van der Waals surface area contributed by atoms with E-state index in [-0.39, 0.29) is 0 Å². The molecule has 0 atom stereocenters. The van der Waals surface area contributed by atoms with Gasteiger partial charge in [-0.25, -0.2) is 0 Å². The summed E-state index contributed by atoms with van der Waals surface area (Å²) < 4.78 is 6.40. The van der Waals surface area contributed by atoms with Gasteiger partial charge in [-0.15, -0.1) is 11.3 Å². The molecule has 0 fully saturated rings. The second-order valence-corrected chi connectivity index (χ2v) is 5.45. The molecule has 0 bridgehead atoms. The Morgan fingerprint density at radius 3 is 2.86 bits per heavy atom. The van der Waals surface area contributed by atoms with Crippen LogP contribution in [0.5, 0.6) is 6.01 Å². The number of hydrogen-bond acceptors (Lipinski definition) is 6. The van der Waals surface area contributed by atoms with Crippen molar-refractivity contribution >= 4 is 27.4 Å². The fraction of sp³-hybridized carbons (Fsp3) is 0.267. The van der Waals surface area contributed by atoms with Crippen LogP contribution in [-0.4, -0.2) is 28.6 Å². The van der Waals surface area contributed by atoms with E-state index >= 15 is 0 Å². The molecule has 108 valence electrons. The topological polar surface area (TPSA) is 59.9 Å². The smallest absolute Gasteiger partial charge is 0.321 e. The highest BCUT2D eigenvalue weighted by Gasteiger charge is 2.12. The van der Waals surface area contributed by atoms with Gasteiger partial charge in [-0.2, -0.15) is 15.0 Å². The van der Waals surface area contributed by atoms with E-state index in [1.54, 1.807) is 18.4 Å². The number of fused-ring (bicyclic) bond motifs is 1. The molecule has 5 nitrogen and oxygen atoms in total. The minimum Gasteiger partial charge on any atom is -0.467 e. The largest absolute Gasteiger partial charge is 0.467 e. The molecule has 0 radical (unpaired) electrons. The lowest BCUT2D eigenvalue weighted by atomic mass is 10.2. The lowest BCUT2D eigenvalue weighted by Crippen LogP contribution is -2.07. The van der Waals surface area contributed by atoms with Gasteiger partial charge in [0.05, 0.1) is 7.11 Å². The van der Waals surface area contributed by atoms with Crippen LogP contribution in [0.15, 0.2) is 29.6 Å². The average Bonchev–Trinajstić information content (AvgIpc) is 2.96. The standard InChI is InChI=1S/C15H16N4OS/c1-3-8-16-14-17-13(18-15(19-14)20-2)11-9-21-12-7-5-4-6-10(11)12/h4-7,9H,3,8H2,1-2H3,(H,16,17,18,19). The van der Waals surface area contributed by atoms with Gasteiger partial charge >= 0.3 is 6.01 Å². The maximum atomic E-state index is 5.19. The summed E-state index contributed by atoms with van der Waals surface area (Å²) >= 11 is 1.68. The molecular formula is C15H16N4OS. The SMILES string of the molecule is CCCNc1nc(OC)nc(-c2csc3ccccc23)n1. The van der Waals surface area contributed by atoms with E-state index in [0.717, 1.165) is 23.9 Å². The number of aromatic nitrogens is 3. The molecule has 2 heterocycles. The molecule has 1 N–H and O–H groups in total. The van der Waals surface area contributed by atoms with E-state index in [2.05, 4.69) is 44.7 Å². The summed E-state index contributed by atoms with van der Waals surface area (Å²) in [6.07, 6.45) is 1.00. The number of ether oxygens (including phenoxy) is 1. The van der Waals surface area contributed by atoms with Gasteiger partial charge in [0.25, 0.3) is 0 Å². The molecule has 0 amide bonds. The van der Waals surface area contributed by atoms with Crippen molar-refractivity contribution in [1.82, 2.24) is 15.0 Å². The van der Waals surface area contributed by atoms with E-state index in [0.29, 0.717) is 17.8 Å². The molecular weight excluding hydrogens is 284 g/mol. The van der Waals surface area contributed by atoms with Gasteiger partial charge in [0, 0.05) is 27.6 Å². The Hall–Kier alpha value is -2.21. The van der Waals surface area contributed by atoms with Crippen LogP contribution in [0.2, 0.25) is 0 Å². The minimum atomic E-state index is 0.328. The first-order chi connectivity index (χ1) is 10.3. The normalized spacial score (nSPS) is 10.8. The average molecular weight is 300 g/mol. The first-order valence-corrected chi connectivity index (χ1v) is 7.70. The molecule has 0 aliphatic carbocycles. The van der Waals surface area contributed by atoms with E-state index in [9.17, 15) is 0 Å². The van der Waals surface area contributed by atoms with Crippen LogP contribution < -0.4 is 10.1 Å². The Balaban J connectivity index is 2.08. The number of benzene rings is 1. The number of methoxy groups -OCH3 is 1. The van der Waals surface area contributed by atoms with Crippen LogP contribution in [0.4, 0.5) is 5.95 Å². The number of thiophene rings is 1. The number of rotatable bonds is 5. The Labute approximate surface area is 127 Å².